The number of aromatic amines is 1. The highest BCUT2D eigenvalue weighted by Gasteiger charge is 2.11. The largest absolute Gasteiger partial charge is 0.465 e. The summed E-state index contributed by atoms with van der Waals surface area (Å²) < 4.78 is 5.12. The van der Waals surface area contributed by atoms with Gasteiger partial charge < -0.3 is 14.7 Å². The van der Waals surface area contributed by atoms with Crippen molar-refractivity contribution >= 4 is 17.7 Å². The summed E-state index contributed by atoms with van der Waals surface area (Å²) in [5.74, 6) is 0.247. The van der Waals surface area contributed by atoms with Crippen molar-refractivity contribution < 1.29 is 9.21 Å². The zero-order valence-corrected chi connectivity index (χ0v) is 13.8. The molecule has 7 nitrogen and oxygen atoms in total. The summed E-state index contributed by atoms with van der Waals surface area (Å²) in [5, 5.41) is 11.9. The van der Waals surface area contributed by atoms with E-state index in [0.29, 0.717) is 28.5 Å². The molecule has 26 heavy (non-hydrogen) atoms. The molecule has 2 heterocycles. The molecule has 2 aromatic heterocycles. The Hall–Kier alpha value is -3.92. The Morgan fingerprint density at radius 2 is 2.15 bits per heavy atom. The van der Waals surface area contributed by atoms with Gasteiger partial charge in [-0.15, -0.1) is 0 Å². The molecule has 0 unspecified atom stereocenters. The summed E-state index contributed by atoms with van der Waals surface area (Å²) in [5.41, 5.74) is 1.35. The van der Waals surface area contributed by atoms with Crippen molar-refractivity contribution in [2.45, 2.75) is 6.92 Å². The second-order valence-corrected chi connectivity index (χ2v) is 5.46. The molecule has 0 aliphatic heterocycles. The molecule has 0 saturated carbocycles. The quantitative estimate of drug-likeness (QED) is 0.557. The number of hydrogen-bond donors (Lipinski definition) is 2. The van der Waals surface area contributed by atoms with E-state index in [1.54, 1.807) is 43.3 Å². The van der Waals surface area contributed by atoms with Crippen LogP contribution in [0.25, 0.3) is 17.5 Å². The van der Waals surface area contributed by atoms with Gasteiger partial charge in [0.2, 0.25) is 0 Å². The molecule has 0 saturated heterocycles. The fourth-order valence-electron chi connectivity index (χ4n) is 2.32. The number of amides is 1. The molecule has 1 aromatic carbocycles. The third kappa shape index (κ3) is 3.94. The van der Waals surface area contributed by atoms with Crippen LogP contribution in [0.2, 0.25) is 0 Å². The second kappa shape index (κ2) is 7.32. The van der Waals surface area contributed by atoms with Crippen LogP contribution in [-0.2, 0) is 4.79 Å². The van der Waals surface area contributed by atoms with E-state index in [1.807, 2.05) is 6.07 Å². The number of rotatable bonds is 4. The molecular formula is C19H14N4O3. The zero-order valence-electron chi connectivity index (χ0n) is 13.8. The number of aryl methyl sites for hydroxylation is 1. The van der Waals surface area contributed by atoms with Crippen LogP contribution in [0.5, 0.6) is 0 Å². The summed E-state index contributed by atoms with van der Waals surface area (Å²) in [6, 6.07) is 13.4. The smallest absolute Gasteiger partial charge is 0.266 e. The number of furan rings is 1. The van der Waals surface area contributed by atoms with Gasteiger partial charge in [-0.2, -0.15) is 5.26 Å². The van der Waals surface area contributed by atoms with Crippen molar-refractivity contribution in [2.75, 3.05) is 5.32 Å². The van der Waals surface area contributed by atoms with Crippen LogP contribution in [0.15, 0.2) is 63.5 Å². The Morgan fingerprint density at radius 1 is 1.31 bits per heavy atom. The van der Waals surface area contributed by atoms with Gasteiger partial charge in [-0.05, 0) is 31.2 Å². The van der Waals surface area contributed by atoms with Crippen molar-refractivity contribution in [3.63, 3.8) is 0 Å². The molecule has 128 valence electrons. The van der Waals surface area contributed by atoms with E-state index in [4.69, 9.17) is 4.42 Å². The summed E-state index contributed by atoms with van der Waals surface area (Å²) in [6.45, 7) is 1.73. The molecule has 0 aliphatic carbocycles. The highest BCUT2D eigenvalue weighted by atomic mass is 16.3. The van der Waals surface area contributed by atoms with Crippen molar-refractivity contribution in [1.82, 2.24) is 9.97 Å². The molecule has 3 aromatic rings. The first-order valence-corrected chi connectivity index (χ1v) is 7.70. The number of hydrogen-bond acceptors (Lipinski definition) is 5. The topological polar surface area (TPSA) is 112 Å². The van der Waals surface area contributed by atoms with Crippen LogP contribution in [-0.4, -0.2) is 15.9 Å². The second-order valence-electron chi connectivity index (χ2n) is 5.46. The molecule has 0 spiro atoms. The Balaban J connectivity index is 1.85. The third-order valence-corrected chi connectivity index (χ3v) is 3.46. The molecule has 2 N–H and O–H groups in total. The molecule has 0 atom stereocenters. The predicted octanol–water partition coefficient (Wildman–Crippen LogP) is 2.88. The number of carbonyl (C=O) groups excluding carboxylic acids is 1. The van der Waals surface area contributed by atoms with E-state index in [9.17, 15) is 14.9 Å². The average molecular weight is 346 g/mol. The number of nitrogens with one attached hydrogen (secondary N) is 2. The highest BCUT2D eigenvalue weighted by molar-refractivity contribution is 6.09. The number of nitriles is 1. The normalized spacial score (nSPS) is 11.0. The molecule has 7 heteroatoms. The third-order valence-electron chi connectivity index (χ3n) is 3.46. The van der Waals surface area contributed by atoms with Crippen molar-refractivity contribution in [2.24, 2.45) is 0 Å². The lowest BCUT2D eigenvalue weighted by Gasteiger charge is -2.07. The van der Waals surface area contributed by atoms with Gasteiger partial charge in [-0.25, -0.2) is 4.98 Å². The maximum absolute atomic E-state index is 12.3. The number of aromatic nitrogens is 2. The number of nitrogens with zero attached hydrogens (tertiary/aromatic N) is 2. The zero-order chi connectivity index (χ0) is 18.5. The van der Waals surface area contributed by atoms with Gasteiger partial charge in [0.25, 0.3) is 11.5 Å². The molecule has 1 amide bonds. The fourth-order valence-corrected chi connectivity index (χ4v) is 2.32. The maximum atomic E-state index is 12.3. The minimum Gasteiger partial charge on any atom is -0.465 e. The van der Waals surface area contributed by atoms with Crippen LogP contribution >= 0.6 is 0 Å². The number of anilines is 1. The molecule has 0 radical (unpaired) electrons. The first kappa shape index (κ1) is 16.9. The van der Waals surface area contributed by atoms with Gasteiger partial charge in [0.1, 0.15) is 23.2 Å². The Bertz CT molecular complexity index is 1070. The highest BCUT2D eigenvalue weighted by Crippen LogP contribution is 2.19. The van der Waals surface area contributed by atoms with Crippen LogP contribution < -0.4 is 10.9 Å². The Kier molecular flexibility index (Phi) is 4.76. The molecule has 0 fully saturated rings. The van der Waals surface area contributed by atoms with E-state index in [1.165, 1.54) is 18.4 Å². The van der Waals surface area contributed by atoms with E-state index in [2.05, 4.69) is 15.3 Å². The van der Waals surface area contributed by atoms with Gasteiger partial charge in [0, 0.05) is 29.1 Å². The first-order chi connectivity index (χ1) is 12.5. The average Bonchev–Trinajstić information content (AvgIpc) is 3.12. The van der Waals surface area contributed by atoms with Crippen molar-refractivity contribution in [3.8, 4) is 17.5 Å². The van der Waals surface area contributed by atoms with Crippen LogP contribution in [0.4, 0.5) is 5.69 Å². The van der Waals surface area contributed by atoms with Gasteiger partial charge in [-0.1, -0.05) is 12.1 Å². The lowest BCUT2D eigenvalue weighted by atomic mass is 10.1. The minimum absolute atomic E-state index is 0.0903. The summed E-state index contributed by atoms with van der Waals surface area (Å²) >= 11 is 0. The van der Waals surface area contributed by atoms with E-state index in [0.717, 1.165) is 0 Å². The summed E-state index contributed by atoms with van der Waals surface area (Å²) in [4.78, 5) is 30.9. The summed E-state index contributed by atoms with van der Waals surface area (Å²) in [6.07, 6.45) is 2.82. The van der Waals surface area contributed by atoms with Crippen molar-refractivity contribution in [1.29, 1.82) is 5.26 Å². The SMILES string of the molecule is Cc1cc(=O)[nH]c(-c2cccc(NC(=O)C(C#N)=Cc3ccco3)c2)n1. The number of benzene rings is 1. The van der Waals surface area contributed by atoms with Gasteiger partial charge in [0.05, 0.1) is 6.26 Å². The standard InChI is InChI=1S/C19H14N4O3/c1-12-8-17(24)23-18(21-12)13-4-2-5-15(9-13)22-19(25)14(11-20)10-16-6-3-7-26-16/h2-10H,1H3,(H,22,25)(H,21,23,24). The monoisotopic (exact) mass is 346 g/mol. The first-order valence-electron chi connectivity index (χ1n) is 7.70. The van der Waals surface area contributed by atoms with Gasteiger partial charge >= 0.3 is 0 Å². The van der Waals surface area contributed by atoms with Crippen LogP contribution in [0, 0.1) is 18.3 Å². The summed E-state index contributed by atoms with van der Waals surface area (Å²) in [7, 11) is 0. The minimum atomic E-state index is -0.563. The lowest BCUT2D eigenvalue weighted by Crippen LogP contribution is -2.13. The Morgan fingerprint density at radius 3 is 2.85 bits per heavy atom. The van der Waals surface area contributed by atoms with E-state index < -0.39 is 5.91 Å². The van der Waals surface area contributed by atoms with Crippen LogP contribution in [0.1, 0.15) is 11.5 Å². The van der Waals surface area contributed by atoms with Crippen LogP contribution in [0.3, 0.4) is 0 Å². The predicted molar refractivity (Wildman–Crippen MR) is 96.0 cm³/mol. The van der Waals surface area contributed by atoms with Crippen molar-refractivity contribution in [3.05, 3.63) is 76.1 Å². The maximum Gasteiger partial charge on any atom is 0.266 e. The number of carbonyl (C=O) groups is 1. The molecule has 3 rings (SSSR count). The molecular weight excluding hydrogens is 332 g/mol. The number of H-pyrrole nitrogens is 1. The lowest BCUT2D eigenvalue weighted by molar-refractivity contribution is -0.112. The van der Waals surface area contributed by atoms with Gasteiger partial charge in [-0.3, -0.25) is 9.59 Å². The Labute approximate surface area is 148 Å². The van der Waals surface area contributed by atoms with E-state index >= 15 is 0 Å². The molecule has 0 aliphatic rings. The molecule has 0 bridgehead atoms. The van der Waals surface area contributed by atoms with Gasteiger partial charge in [0.15, 0.2) is 0 Å². The van der Waals surface area contributed by atoms with E-state index in [-0.39, 0.29) is 11.1 Å². The fraction of sp³-hybridized carbons (Fsp3) is 0.0526.